The smallest absolute Gasteiger partial charge is 0.227 e. The van der Waals surface area contributed by atoms with Crippen LogP contribution in [-0.4, -0.2) is 61.4 Å². The quantitative estimate of drug-likeness (QED) is 0.871. The molecule has 26 heavy (non-hydrogen) atoms. The number of aromatic nitrogens is 2. The number of aryl methyl sites for hydroxylation is 1. The summed E-state index contributed by atoms with van der Waals surface area (Å²) in [5, 5.41) is 3.86. The molecule has 0 amide bonds. The molecule has 6 nitrogen and oxygen atoms in total. The molecule has 1 aromatic heterocycles. The number of hydrogen-bond acceptors (Lipinski definition) is 6. The van der Waals surface area contributed by atoms with Crippen molar-refractivity contribution in [1.29, 1.82) is 0 Å². The van der Waals surface area contributed by atoms with Gasteiger partial charge in [-0.2, -0.15) is 4.98 Å². The normalized spacial score (nSPS) is 23.0. The molecule has 0 saturated carbocycles. The van der Waals surface area contributed by atoms with Gasteiger partial charge in [0.05, 0.1) is 0 Å². The van der Waals surface area contributed by atoms with Gasteiger partial charge in [-0.15, -0.1) is 0 Å². The van der Waals surface area contributed by atoms with E-state index in [-0.39, 0.29) is 0 Å². The number of rotatable bonds is 5. The Balaban J connectivity index is 1.38. The van der Waals surface area contributed by atoms with Crippen LogP contribution >= 0.6 is 0 Å². The monoisotopic (exact) mass is 359 g/mol. The predicted molar refractivity (Wildman–Crippen MR) is 105 cm³/mol. The molecule has 0 unspecified atom stereocenters. The SMILES string of the molecule is CCc1cc(N2CCC(NC3CCOCC3)CC2)nc(N2CCCC2)n1. The second-order valence-corrected chi connectivity index (χ2v) is 7.88. The fourth-order valence-corrected chi connectivity index (χ4v) is 4.34. The summed E-state index contributed by atoms with van der Waals surface area (Å²) in [5.74, 6) is 2.07. The molecule has 6 heteroatoms. The zero-order valence-electron chi connectivity index (χ0n) is 16.1. The fourth-order valence-electron chi connectivity index (χ4n) is 4.34. The van der Waals surface area contributed by atoms with E-state index in [4.69, 9.17) is 14.7 Å². The summed E-state index contributed by atoms with van der Waals surface area (Å²) in [6, 6.07) is 3.49. The topological polar surface area (TPSA) is 53.5 Å². The Morgan fingerprint density at radius 2 is 1.65 bits per heavy atom. The van der Waals surface area contributed by atoms with Gasteiger partial charge in [-0.05, 0) is 44.9 Å². The van der Waals surface area contributed by atoms with E-state index in [9.17, 15) is 0 Å². The van der Waals surface area contributed by atoms with Gasteiger partial charge < -0.3 is 19.9 Å². The molecule has 4 rings (SSSR count). The van der Waals surface area contributed by atoms with Gasteiger partial charge in [0.1, 0.15) is 5.82 Å². The van der Waals surface area contributed by atoms with E-state index in [2.05, 4.69) is 28.1 Å². The van der Waals surface area contributed by atoms with Gasteiger partial charge >= 0.3 is 0 Å². The zero-order valence-corrected chi connectivity index (χ0v) is 16.1. The van der Waals surface area contributed by atoms with E-state index in [1.165, 1.54) is 31.4 Å². The van der Waals surface area contributed by atoms with Crippen LogP contribution in [0.1, 0.15) is 51.1 Å². The minimum Gasteiger partial charge on any atom is -0.381 e. The molecule has 3 aliphatic rings. The Bertz CT molecular complexity index is 576. The molecule has 4 heterocycles. The van der Waals surface area contributed by atoms with Crippen LogP contribution in [0.25, 0.3) is 0 Å². The lowest BCUT2D eigenvalue weighted by Gasteiger charge is -2.36. The molecular weight excluding hydrogens is 326 g/mol. The molecule has 0 aliphatic carbocycles. The van der Waals surface area contributed by atoms with Crippen molar-refractivity contribution in [1.82, 2.24) is 15.3 Å². The van der Waals surface area contributed by atoms with Crippen molar-refractivity contribution in [2.24, 2.45) is 0 Å². The molecule has 3 aliphatic heterocycles. The van der Waals surface area contributed by atoms with Crippen molar-refractivity contribution in [3.63, 3.8) is 0 Å². The molecule has 1 aromatic rings. The average molecular weight is 360 g/mol. The highest BCUT2D eigenvalue weighted by atomic mass is 16.5. The van der Waals surface area contributed by atoms with Gasteiger partial charge in [0.2, 0.25) is 5.95 Å². The molecule has 3 saturated heterocycles. The summed E-state index contributed by atoms with van der Waals surface area (Å²) in [6.45, 7) is 8.38. The van der Waals surface area contributed by atoms with Crippen molar-refractivity contribution in [2.75, 3.05) is 49.2 Å². The van der Waals surface area contributed by atoms with Crippen LogP contribution in [0.15, 0.2) is 6.07 Å². The number of ether oxygens (including phenoxy) is 1. The van der Waals surface area contributed by atoms with Crippen LogP contribution < -0.4 is 15.1 Å². The number of nitrogens with one attached hydrogen (secondary N) is 1. The highest BCUT2D eigenvalue weighted by Crippen LogP contribution is 2.24. The first kappa shape index (κ1) is 18.0. The van der Waals surface area contributed by atoms with Gasteiger partial charge in [0, 0.05) is 63.2 Å². The molecule has 0 spiro atoms. The third-order valence-electron chi connectivity index (χ3n) is 6.02. The van der Waals surface area contributed by atoms with E-state index in [0.29, 0.717) is 12.1 Å². The van der Waals surface area contributed by atoms with Crippen molar-refractivity contribution in [2.45, 2.75) is 64.0 Å². The average Bonchev–Trinajstić information content (AvgIpc) is 3.24. The second-order valence-electron chi connectivity index (χ2n) is 7.88. The minimum absolute atomic E-state index is 0.639. The first-order valence-corrected chi connectivity index (χ1v) is 10.5. The van der Waals surface area contributed by atoms with Gasteiger partial charge in [-0.3, -0.25) is 0 Å². The molecule has 0 bridgehead atoms. The lowest BCUT2D eigenvalue weighted by atomic mass is 10.0. The summed E-state index contributed by atoms with van der Waals surface area (Å²) >= 11 is 0. The lowest BCUT2D eigenvalue weighted by molar-refractivity contribution is 0.0738. The Labute approximate surface area is 157 Å². The van der Waals surface area contributed by atoms with Crippen LogP contribution in [-0.2, 0) is 11.2 Å². The van der Waals surface area contributed by atoms with Gasteiger partial charge in [0.15, 0.2) is 0 Å². The minimum atomic E-state index is 0.639. The summed E-state index contributed by atoms with van der Waals surface area (Å²) in [5.41, 5.74) is 1.17. The summed E-state index contributed by atoms with van der Waals surface area (Å²) in [7, 11) is 0. The molecule has 144 valence electrons. The van der Waals surface area contributed by atoms with Crippen molar-refractivity contribution in [3.05, 3.63) is 11.8 Å². The molecule has 0 atom stereocenters. The van der Waals surface area contributed by atoms with E-state index < -0.39 is 0 Å². The van der Waals surface area contributed by atoms with Crippen molar-refractivity contribution in [3.8, 4) is 0 Å². The lowest BCUT2D eigenvalue weighted by Crippen LogP contribution is -2.48. The number of hydrogen-bond donors (Lipinski definition) is 1. The standard InChI is InChI=1S/C20H33N5O/c1-2-16-15-19(23-20(22-16)25-9-3-4-10-25)24-11-5-17(6-12-24)21-18-7-13-26-14-8-18/h15,17-18,21H,2-14H2,1H3. The van der Waals surface area contributed by atoms with Crippen LogP contribution in [0.4, 0.5) is 11.8 Å². The van der Waals surface area contributed by atoms with Crippen molar-refractivity contribution >= 4 is 11.8 Å². The van der Waals surface area contributed by atoms with Gasteiger partial charge in [-0.25, -0.2) is 4.98 Å². The van der Waals surface area contributed by atoms with E-state index in [1.54, 1.807) is 0 Å². The van der Waals surface area contributed by atoms with Crippen LogP contribution in [0.2, 0.25) is 0 Å². The van der Waals surface area contributed by atoms with Gasteiger partial charge in [-0.1, -0.05) is 6.92 Å². The molecule has 1 N–H and O–H groups in total. The van der Waals surface area contributed by atoms with Crippen LogP contribution in [0.3, 0.4) is 0 Å². The summed E-state index contributed by atoms with van der Waals surface area (Å²) < 4.78 is 5.47. The number of anilines is 2. The highest BCUT2D eigenvalue weighted by molar-refractivity contribution is 5.47. The first-order chi connectivity index (χ1) is 12.8. The largest absolute Gasteiger partial charge is 0.381 e. The maximum Gasteiger partial charge on any atom is 0.227 e. The molecular formula is C20H33N5O. The Kier molecular flexibility index (Phi) is 5.90. The Hall–Kier alpha value is -1.40. The summed E-state index contributed by atoms with van der Waals surface area (Å²) in [4.78, 5) is 14.5. The van der Waals surface area contributed by atoms with E-state index >= 15 is 0 Å². The highest BCUT2D eigenvalue weighted by Gasteiger charge is 2.25. The second kappa shape index (κ2) is 8.53. The number of nitrogens with zero attached hydrogens (tertiary/aromatic N) is 4. The predicted octanol–water partition coefficient (Wildman–Crippen LogP) is 2.38. The zero-order chi connectivity index (χ0) is 17.8. The Morgan fingerprint density at radius 3 is 2.35 bits per heavy atom. The fraction of sp³-hybridized carbons (Fsp3) is 0.800. The summed E-state index contributed by atoms with van der Waals surface area (Å²) in [6.07, 6.45) is 8.20. The van der Waals surface area contributed by atoms with Crippen molar-refractivity contribution < 1.29 is 4.74 Å². The van der Waals surface area contributed by atoms with E-state index in [1.807, 2.05) is 0 Å². The molecule has 3 fully saturated rings. The third-order valence-corrected chi connectivity index (χ3v) is 6.02. The maximum atomic E-state index is 5.47. The molecule has 0 radical (unpaired) electrons. The van der Waals surface area contributed by atoms with Gasteiger partial charge in [0.25, 0.3) is 0 Å². The van der Waals surface area contributed by atoms with Crippen LogP contribution in [0, 0.1) is 0 Å². The maximum absolute atomic E-state index is 5.47. The first-order valence-electron chi connectivity index (χ1n) is 10.5. The Morgan fingerprint density at radius 1 is 0.962 bits per heavy atom. The van der Waals surface area contributed by atoms with E-state index in [0.717, 1.165) is 70.4 Å². The number of piperidine rings is 1. The third kappa shape index (κ3) is 4.29. The van der Waals surface area contributed by atoms with Crippen LogP contribution in [0.5, 0.6) is 0 Å². The molecule has 0 aromatic carbocycles.